The summed E-state index contributed by atoms with van der Waals surface area (Å²) in [6.45, 7) is 1.76. The first-order valence-corrected chi connectivity index (χ1v) is 10.2. The molecule has 1 saturated heterocycles. The number of nitrogens with zero attached hydrogens (tertiary/aromatic N) is 3. The minimum absolute atomic E-state index is 0.107. The third kappa shape index (κ3) is 3.01. The molecule has 1 amide bonds. The van der Waals surface area contributed by atoms with E-state index in [1.807, 2.05) is 4.90 Å². The molecule has 2 aliphatic heterocycles. The van der Waals surface area contributed by atoms with Gasteiger partial charge in [-0.1, -0.05) is 6.07 Å². The summed E-state index contributed by atoms with van der Waals surface area (Å²) in [6.07, 6.45) is 0.222. The van der Waals surface area contributed by atoms with Crippen LogP contribution in [0.15, 0.2) is 29.1 Å². The number of amides is 1. The number of aromatic amines is 1. The first kappa shape index (κ1) is 20.4. The highest BCUT2D eigenvalue weighted by atomic mass is 19.1. The van der Waals surface area contributed by atoms with Crippen LogP contribution in [0.4, 0.5) is 20.2 Å². The number of nitrogens with one attached hydrogen (secondary N) is 2. The minimum atomic E-state index is -0.764. The molecular formula is C22H21F2N5O3. The van der Waals surface area contributed by atoms with Crippen LogP contribution in [-0.4, -0.2) is 55.7 Å². The van der Waals surface area contributed by atoms with Crippen molar-refractivity contribution in [1.29, 1.82) is 0 Å². The van der Waals surface area contributed by atoms with E-state index in [4.69, 9.17) is 4.74 Å². The maximum atomic E-state index is 15.4. The number of hydrogen-bond donors (Lipinski definition) is 2. The van der Waals surface area contributed by atoms with Gasteiger partial charge in [-0.05, 0) is 18.2 Å². The summed E-state index contributed by atoms with van der Waals surface area (Å²) in [5.41, 5.74) is -0.189. The second kappa shape index (κ2) is 7.56. The smallest absolute Gasteiger partial charge is 0.275 e. The van der Waals surface area contributed by atoms with Crippen molar-refractivity contribution >= 4 is 28.3 Å². The molecule has 10 heteroatoms. The zero-order valence-corrected chi connectivity index (χ0v) is 17.5. The van der Waals surface area contributed by atoms with Crippen LogP contribution in [0.5, 0.6) is 5.75 Å². The Morgan fingerprint density at radius 1 is 1.19 bits per heavy atom. The van der Waals surface area contributed by atoms with E-state index in [0.717, 1.165) is 0 Å². The summed E-state index contributed by atoms with van der Waals surface area (Å²) in [5, 5.41) is 3.61. The number of hydrogen-bond acceptors (Lipinski definition) is 6. The van der Waals surface area contributed by atoms with Crippen molar-refractivity contribution in [3.8, 4) is 17.0 Å². The van der Waals surface area contributed by atoms with E-state index in [1.165, 1.54) is 43.3 Å². The molecule has 8 nitrogen and oxygen atoms in total. The van der Waals surface area contributed by atoms with E-state index in [1.54, 1.807) is 0 Å². The molecule has 0 bridgehead atoms. The van der Waals surface area contributed by atoms with Crippen LogP contribution in [0.1, 0.15) is 6.42 Å². The van der Waals surface area contributed by atoms with E-state index < -0.39 is 17.2 Å². The van der Waals surface area contributed by atoms with Gasteiger partial charge in [0.2, 0.25) is 5.91 Å². The van der Waals surface area contributed by atoms with Crippen LogP contribution < -0.4 is 25.4 Å². The van der Waals surface area contributed by atoms with Gasteiger partial charge in [-0.3, -0.25) is 9.59 Å². The number of carbonyl (C=O) groups excluding carboxylic acids is 1. The molecule has 2 aromatic heterocycles. The van der Waals surface area contributed by atoms with Crippen molar-refractivity contribution in [1.82, 2.24) is 15.3 Å². The average molecular weight is 441 g/mol. The number of ether oxygens (including phenoxy) is 1. The molecular weight excluding hydrogens is 420 g/mol. The Morgan fingerprint density at radius 2 is 2.00 bits per heavy atom. The predicted molar refractivity (Wildman–Crippen MR) is 116 cm³/mol. The number of H-pyrrole nitrogens is 1. The molecule has 0 spiro atoms. The van der Waals surface area contributed by atoms with Gasteiger partial charge < -0.3 is 24.8 Å². The number of aromatic nitrogens is 2. The Labute approximate surface area is 181 Å². The highest BCUT2D eigenvalue weighted by Crippen LogP contribution is 2.40. The number of methoxy groups -OCH3 is 1. The lowest BCUT2D eigenvalue weighted by Gasteiger charge is -2.37. The summed E-state index contributed by atoms with van der Waals surface area (Å²) in [4.78, 5) is 36.0. The van der Waals surface area contributed by atoms with Crippen molar-refractivity contribution < 1.29 is 18.3 Å². The van der Waals surface area contributed by atoms with Crippen LogP contribution in [0, 0.1) is 11.6 Å². The SMILES string of the molecule is COc1cccc(F)c1-c1nc2[nH]c(=O)c3c(c2cc1F)N1CCNC[C@@H]1CC(=O)N3C. The minimum Gasteiger partial charge on any atom is -0.496 e. The van der Waals surface area contributed by atoms with Crippen molar-refractivity contribution in [2.75, 3.05) is 43.6 Å². The molecule has 166 valence electrons. The van der Waals surface area contributed by atoms with Crippen molar-refractivity contribution in [3.05, 3.63) is 46.3 Å². The molecule has 2 aliphatic rings. The number of pyridine rings is 2. The molecule has 0 unspecified atom stereocenters. The molecule has 0 radical (unpaired) electrons. The van der Waals surface area contributed by atoms with Gasteiger partial charge in [0.25, 0.3) is 5.56 Å². The van der Waals surface area contributed by atoms with Gasteiger partial charge in [0.1, 0.15) is 28.6 Å². The largest absolute Gasteiger partial charge is 0.496 e. The second-order valence-electron chi connectivity index (χ2n) is 7.89. The van der Waals surface area contributed by atoms with Crippen molar-refractivity contribution in [3.63, 3.8) is 0 Å². The first-order chi connectivity index (χ1) is 15.4. The molecule has 0 aliphatic carbocycles. The summed E-state index contributed by atoms with van der Waals surface area (Å²) in [6, 6.07) is 5.21. The van der Waals surface area contributed by atoms with Gasteiger partial charge in [-0.15, -0.1) is 0 Å². The number of benzene rings is 1. The zero-order chi connectivity index (χ0) is 22.6. The van der Waals surface area contributed by atoms with E-state index >= 15 is 4.39 Å². The number of carbonyl (C=O) groups is 1. The van der Waals surface area contributed by atoms with Gasteiger partial charge in [0.05, 0.1) is 24.4 Å². The van der Waals surface area contributed by atoms with Gasteiger partial charge in [0, 0.05) is 38.5 Å². The van der Waals surface area contributed by atoms with Gasteiger partial charge in [0.15, 0.2) is 5.82 Å². The lowest BCUT2D eigenvalue weighted by atomic mass is 10.1. The monoisotopic (exact) mass is 441 g/mol. The van der Waals surface area contributed by atoms with Gasteiger partial charge in [-0.25, -0.2) is 13.8 Å². The third-order valence-electron chi connectivity index (χ3n) is 6.09. The van der Waals surface area contributed by atoms with Crippen LogP contribution in [-0.2, 0) is 4.79 Å². The lowest BCUT2D eigenvalue weighted by Crippen LogP contribution is -2.51. The molecule has 0 saturated carbocycles. The normalized spacial score (nSPS) is 18.4. The number of halogens is 2. The van der Waals surface area contributed by atoms with Crippen LogP contribution in [0.25, 0.3) is 22.3 Å². The highest BCUT2D eigenvalue weighted by molar-refractivity contribution is 6.06. The van der Waals surface area contributed by atoms with Crippen LogP contribution in [0.3, 0.4) is 0 Å². The Bertz CT molecular complexity index is 1310. The first-order valence-electron chi connectivity index (χ1n) is 10.2. The van der Waals surface area contributed by atoms with E-state index in [0.29, 0.717) is 30.7 Å². The van der Waals surface area contributed by atoms with E-state index in [-0.39, 0.29) is 46.7 Å². The maximum Gasteiger partial charge on any atom is 0.275 e. The van der Waals surface area contributed by atoms with Gasteiger partial charge in [-0.2, -0.15) is 0 Å². The Morgan fingerprint density at radius 3 is 2.78 bits per heavy atom. The Hall–Kier alpha value is -3.53. The number of fused-ring (bicyclic) bond motifs is 5. The number of anilines is 2. The van der Waals surface area contributed by atoms with Crippen molar-refractivity contribution in [2.45, 2.75) is 12.5 Å². The fourth-order valence-electron chi connectivity index (χ4n) is 4.55. The Balaban J connectivity index is 1.82. The maximum absolute atomic E-state index is 15.4. The van der Waals surface area contributed by atoms with Crippen LogP contribution in [0.2, 0.25) is 0 Å². The fraction of sp³-hybridized carbons (Fsp3) is 0.318. The predicted octanol–water partition coefficient (Wildman–Crippen LogP) is 2.02. The summed E-state index contributed by atoms with van der Waals surface area (Å²) < 4.78 is 35.2. The molecule has 5 rings (SSSR count). The number of piperazine rings is 1. The van der Waals surface area contributed by atoms with Crippen LogP contribution >= 0.6 is 0 Å². The molecule has 3 aromatic rings. The summed E-state index contributed by atoms with van der Waals surface area (Å²) in [5.74, 6) is -1.53. The topological polar surface area (TPSA) is 90.6 Å². The molecule has 4 heterocycles. The molecule has 2 N–H and O–H groups in total. The summed E-state index contributed by atoms with van der Waals surface area (Å²) >= 11 is 0. The van der Waals surface area contributed by atoms with E-state index in [9.17, 15) is 14.0 Å². The number of rotatable bonds is 2. The molecule has 1 atom stereocenters. The standard InChI is InChI=1S/C22H21F2N5O3/c1-28-16(30)8-11-10-25-6-7-29(11)19-12-9-14(24)18(26-21(12)27-22(31)20(19)28)17-13(23)4-3-5-15(17)32-2/h3-5,9,11,25H,6-8,10H2,1-2H3,(H,26,27,31)/t11-/m0/s1. The zero-order valence-electron chi connectivity index (χ0n) is 17.5. The highest BCUT2D eigenvalue weighted by Gasteiger charge is 2.36. The van der Waals surface area contributed by atoms with Crippen molar-refractivity contribution in [2.24, 2.45) is 0 Å². The van der Waals surface area contributed by atoms with E-state index in [2.05, 4.69) is 15.3 Å². The second-order valence-corrected chi connectivity index (χ2v) is 7.89. The average Bonchev–Trinajstić information content (AvgIpc) is 2.89. The summed E-state index contributed by atoms with van der Waals surface area (Å²) in [7, 11) is 2.90. The Kier molecular flexibility index (Phi) is 4.81. The van der Waals surface area contributed by atoms with Gasteiger partial charge >= 0.3 is 0 Å². The molecule has 1 fully saturated rings. The third-order valence-corrected chi connectivity index (χ3v) is 6.09. The molecule has 32 heavy (non-hydrogen) atoms. The lowest BCUT2D eigenvalue weighted by molar-refractivity contribution is -0.118. The fourth-order valence-corrected chi connectivity index (χ4v) is 4.55. The quantitative estimate of drug-likeness (QED) is 0.633. The molecule has 1 aromatic carbocycles.